The summed E-state index contributed by atoms with van der Waals surface area (Å²) in [4.78, 5) is 12.3. The van der Waals surface area contributed by atoms with Crippen LogP contribution < -0.4 is 5.32 Å². The molecule has 4 heteroatoms. The summed E-state index contributed by atoms with van der Waals surface area (Å²) in [5.74, 6) is -0.445. The van der Waals surface area contributed by atoms with Crippen LogP contribution in [0.3, 0.4) is 0 Å². The van der Waals surface area contributed by atoms with Crippen LogP contribution in [0, 0.1) is 5.82 Å². The smallest absolute Gasteiger partial charge is 0.267 e. The number of carbonyl (C=O) groups is 1. The Balaban J connectivity index is 1.71. The molecule has 22 heavy (non-hydrogen) atoms. The van der Waals surface area contributed by atoms with Crippen LogP contribution in [0.2, 0.25) is 0 Å². The van der Waals surface area contributed by atoms with Gasteiger partial charge in [-0.1, -0.05) is 30.3 Å². The highest BCUT2D eigenvalue weighted by Crippen LogP contribution is 2.19. The van der Waals surface area contributed by atoms with Gasteiger partial charge in [0.15, 0.2) is 0 Å². The van der Waals surface area contributed by atoms with E-state index in [0.717, 1.165) is 11.8 Å². The Labute approximate surface area is 128 Å². The van der Waals surface area contributed by atoms with Crippen molar-refractivity contribution in [3.05, 3.63) is 71.7 Å². The van der Waals surface area contributed by atoms with Crippen LogP contribution in [-0.2, 0) is 13.5 Å². The predicted octanol–water partition coefficient (Wildman–Crippen LogP) is 3.29. The van der Waals surface area contributed by atoms with Gasteiger partial charge in [0.1, 0.15) is 11.5 Å². The molecule has 0 saturated heterocycles. The molecular formula is C18H17FN2O. The number of rotatable bonds is 4. The lowest BCUT2D eigenvalue weighted by Crippen LogP contribution is -2.27. The first-order valence-electron chi connectivity index (χ1n) is 7.22. The summed E-state index contributed by atoms with van der Waals surface area (Å²) in [7, 11) is 1.77. The van der Waals surface area contributed by atoms with Crippen LogP contribution in [0.5, 0.6) is 0 Å². The standard InChI is InChI=1S/C18H17FN2O/c1-21-16-12-15(19)8-7-14(16)11-17(21)18(22)20-10-9-13-5-3-2-4-6-13/h2-8,11-12H,9-10H2,1H3,(H,20,22). The van der Waals surface area contributed by atoms with E-state index in [4.69, 9.17) is 0 Å². The van der Waals surface area contributed by atoms with Crippen molar-refractivity contribution < 1.29 is 9.18 Å². The molecule has 0 fully saturated rings. The van der Waals surface area contributed by atoms with Gasteiger partial charge in [0.2, 0.25) is 0 Å². The number of aromatic nitrogens is 1. The highest BCUT2D eigenvalue weighted by molar-refractivity contribution is 5.98. The van der Waals surface area contributed by atoms with Crippen LogP contribution >= 0.6 is 0 Å². The number of aryl methyl sites for hydroxylation is 1. The summed E-state index contributed by atoms with van der Waals surface area (Å²) < 4.78 is 15.0. The van der Waals surface area contributed by atoms with Crippen molar-refractivity contribution in [2.75, 3.05) is 6.54 Å². The molecule has 0 spiro atoms. The van der Waals surface area contributed by atoms with E-state index in [9.17, 15) is 9.18 Å². The number of halogens is 1. The zero-order valence-corrected chi connectivity index (χ0v) is 12.3. The SMILES string of the molecule is Cn1c(C(=O)NCCc2ccccc2)cc2ccc(F)cc21. The fourth-order valence-electron chi connectivity index (χ4n) is 2.58. The maximum absolute atomic E-state index is 13.3. The number of carbonyl (C=O) groups excluding carboxylic acids is 1. The van der Waals surface area contributed by atoms with Gasteiger partial charge in [-0.05, 0) is 36.2 Å². The summed E-state index contributed by atoms with van der Waals surface area (Å²) in [5, 5.41) is 3.77. The first kappa shape index (κ1) is 14.3. The van der Waals surface area contributed by atoms with E-state index < -0.39 is 0 Å². The summed E-state index contributed by atoms with van der Waals surface area (Å²) in [5.41, 5.74) is 2.43. The van der Waals surface area contributed by atoms with Gasteiger partial charge >= 0.3 is 0 Å². The molecule has 0 saturated carbocycles. The third kappa shape index (κ3) is 2.86. The molecule has 0 aliphatic carbocycles. The Kier molecular flexibility index (Phi) is 3.92. The molecule has 0 aliphatic rings. The van der Waals surface area contributed by atoms with E-state index in [1.165, 1.54) is 17.7 Å². The van der Waals surface area contributed by atoms with Crippen molar-refractivity contribution in [2.45, 2.75) is 6.42 Å². The third-order valence-corrected chi connectivity index (χ3v) is 3.78. The fraction of sp³-hybridized carbons (Fsp3) is 0.167. The zero-order valence-electron chi connectivity index (χ0n) is 12.3. The topological polar surface area (TPSA) is 34.0 Å². The van der Waals surface area contributed by atoms with Gasteiger partial charge in [0.05, 0.1) is 5.52 Å². The van der Waals surface area contributed by atoms with Gasteiger partial charge in [-0.2, -0.15) is 0 Å². The molecule has 0 unspecified atom stereocenters. The van der Waals surface area contributed by atoms with E-state index in [0.29, 0.717) is 17.8 Å². The van der Waals surface area contributed by atoms with Crippen molar-refractivity contribution in [3.8, 4) is 0 Å². The molecule has 0 radical (unpaired) electrons. The third-order valence-electron chi connectivity index (χ3n) is 3.78. The highest BCUT2D eigenvalue weighted by atomic mass is 19.1. The maximum atomic E-state index is 13.3. The molecule has 1 aromatic heterocycles. The van der Waals surface area contributed by atoms with Gasteiger partial charge in [0, 0.05) is 19.0 Å². The quantitative estimate of drug-likeness (QED) is 0.787. The number of nitrogens with zero attached hydrogens (tertiary/aromatic N) is 1. The van der Waals surface area contributed by atoms with Gasteiger partial charge in [-0.15, -0.1) is 0 Å². The minimum atomic E-state index is -0.301. The van der Waals surface area contributed by atoms with E-state index in [2.05, 4.69) is 5.32 Å². The number of amides is 1. The molecule has 2 aromatic carbocycles. The predicted molar refractivity (Wildman–Crippen MR) is 85.4 cm³/mol. The van der Waals surface area contributed by atoms with Crippen molar-refractivity contribution in [1.29, 1.82) is 0 Å². The van der Waals surface area contributed by atoms with Crippen molar-refractivity contribution in [2.24, 2.45) is 7.05 Å². The molecule has 0 atom stereocenters. The molecule has 3 rings (SSSR count). The Morgan fingerprint density at radius 2 is 1.91 bits per heavy atom. The van der Waals surface area contributed by atoms with Gasteiger partial charge in [-0.3, -0.25) is 4.79 Å². The normalized spacial score (nSPS) is 10.8. The second-order valence-electron chi connectivity index (χ2n) is 5.28. The second-order valence-corrected chi connectivity index (χ2v) is 5.28. The second kappa shape index (κ2) is 6.02. The highest BCUT2D eigenvalue weighted by Gasteiger charge is 2.13. The molecule has 1 heterocycles. The molecule has 3 nitrogen and oxygen atoms in total. The Bertz CT molecular complexity index is 809. The number of hydrogen-bond donors (Lipinski definition) is 1. The van der Waals surface area contributed by atoms with Crippen LogP contribution in [0.1, 0.15) is 16.1 Å². The van der Waals surface area contributed by atoms with Gasteiger partial charge < -0.3 is 9.88 Å². The van der Waals surface area contributed by atoms with Crippen LogP contribution in [-0.4, -0.2) is 17.0 Å². The number of hydrogen-bond acceptors (Lipinski definition) is 1. The summed E-state index contributed by atoms with van der Waals surface area (Å²) >= 11 is 0. The summed E-state index contributed by atoms with van der Waals surface area (Å²) in [6.45, 7) is 0.568. The van der Waals surface area contributed by atoms with Crippen molar-refractivity contribution in [3.63, 3.8) is 0 Å². The van der Waals surface area contributed by atoms with Gasteiger partial charge in [0.25, 0.3) is 5.91 Å². The van der Waals surface area contributed by atoms with E-state index in [1.54, 1.807) is 23.7 Å². The van der Waals surface area contributed by atoms with Gasteiger partial charge in [-0.25, -0.2) is 4.39 Å². The molecule has 0 aliphatic heterocycles. The van der Waals surface area contributed by atoms with E-state index >= 15 is 0 Å². The molecule has 0 bridgehead atoms. The number of fused-ring (bicyclic) bond motifs is 1. The molecule has 112 valence electrons. The molecule has 1 N–H and O–H groups in total. The Morgan fingerprint density at radius 3 is 2.68 bits per heavy atom. The maximum Gasteiger partial charge on any atom is 0.267 e. The zero-order chi connectivity index (χ0) is 15.5. The average Bonchev–Trinajstić information content (AvgIpc) is 2.85. The number of benzene rings is 2. The molecule has 3 aromatic rings. The van der Waals surface area contributed by atoms with E-state index in [-0.39, 0.29) is 11.7 Å². The lowest BCUT2D eigenvalue weighted by molar-refractivity contribution is 0.0946. The first-order chi connectivity index (χ1) is 10.6. The Morgan fingerprint density at radius 1 is 1.14 bits per heavy atom. The largest absolute Gasteiger partial charge is 0.350 e. The van der Waals surface area contributed by atoms with E-state index in [1.807, 2.05) is 30.3 Å². The molecule has 1 amide bonds. The van der Waals surface area contributed by atoms with Crippen molar-refractivity contribution >= 4 is 16.8 Å². The lowest BCUT2D eigenvalue weighted by atomic mass is 10.1. The minimum Gasteiger partial charge on any atom is -0.350 e. The number of nitrogens with one attached hydrogen (secondary N) is 1. The van der Waals surface area contributed by atoms with Crippen LogP contribution in [0.25, 0.3) is 10.9 Å². The lowest BCUT2D eigenvalue weighted by Gasteiger charge is -2.06. The van der Waals surface area contributed by atoms with Crippen molar-refractivity contribution in [1.82, 2.24) is 9.88 Å². The molecular weight excluding hydrogens is 279 g/mol. The summed E-state index contributed by atoms with van der Waals surface area (Å²) in [6, 6.07) is 16.3. The average molecular weight is 296 g/mol. The first-order valence-corrected chi connectivity index (χ1v) is 7.22. The van der Waals surface area contributed by atoms with Crippen LogP contribution in [0.15, 0.2) is 54.6 Å². The minimum absolute atomic E-state index is 0.143. The Hall–Kier alpha value is -2.62. The van der Waals surface area contributed by atoms with Crippen LogP contribution in [0.4, 0.5) is 4.39 Å². The summed E-state index contributed by atoms with van der Waals surface area (Å²) in [6.07, 6.45) is 0.783. The fourth-order valence-corrected chi connectivity index (χ4v) is 2.58. The monoisotopic (exact) mass is 296 g/mol.